The Labute approximate surface area is 142 Å². The van der Waals surface area contributed by atoms with E-state index in [1.54, 1.807) is 12.1 Å². The van der Waals surface area contributed by atoms with Crippen molar-refractivity contribution in [1.82, 2.24) is 0 Å². The van der Waals surface area contributed by atoms with Crippen LogP contribution in [0.25, 0.3) is 0 Å². The van der Waals surface area contributed by atoms with Gasteiger partial charge in [-0.2, -0.15) is 0 Å². The topological polar surface area (TPSA) is 26.3 Å². The zero-order valence-electron chi connectivity index (χ0n) is 13.6. The molecule has 0 heterocycles. The summed E-state index contributed by atoms with van der Waals surface area (Å²) in [6.07, 6.45) is -0.332. The molecule has 0 saturated heterocycles. The van der Waals surface area contributed by atoms with E-state index in [-0.39, 0.29) is 18.0 Å². The van der Waals surface area contributed by atoms with Gasteiger partial charge >= 0.3 is 5.97 Å². The highest BCUT2D eigenvalue weighted by atomic mass is 16.5. The molecule has 0 aliphatic heterocycles. The lowest BCUT2D eigenvalue weighted by Crippen LogP contribution is -2.17. The highest BCUT2D eigenvalue weighted by Gasteiger charge is 2.25. The van der Waals surface area contributed by atoms with E-state index in [1.807, 2.05) is 66.7 Å². The summed E-state index contributed by atoms with van der Waals surface area (Å²) in [5.41, 5.74) is 2.71. The van der Waals surface area contributed by atoms with Gasteiger partial charge in [-0.15, -0.1) is 0 Å². The van der Waals surface area contributed by atoms with Crippen molar-refractivity contribution in [2.24, 2.45) is 0 Å². The Morgan fingerprint density at radius 1 is 0.708 bits per heavy atom. The molecule has 0 unspecified atom stereocenters. The van der Waals surface area contributed by atoms with E-state index in [1.165, 1.54) is 0 Å². The van der Waals surface area contributed by atoms with E-state index in [0.29, 0.717) is 5.56 Å². The number of benzene rings is 3. The van der Waals surface area contributed by atoms with Crippen molar-refractivity contribution in [3.05, 3.63) is 108 Å². The molecule has 24 heavy (non-hydrogen) atoms. The number of hydrogen-bond acceptors (Lipinski definition) is 2. The van der Waals surface area contributed by atoms with Crippen LogP contribution in [0.1, 0.15) is 40.4 Å². The molecule has 2 atom stereocenters. The summed E-state index contributed by atoms with van der Waals surface area (Å²) in [6, 6.07) is 29.2. The highest BCUT2D eigenvalue weighted by molar-refractivity contribution is 5.89. The quantitative estimate of drug-likeness (QED) is 0.590. The third kappa shape index (κ3) is 3.72. The van der Waals surface area contributed by atoms with Crippen LogP contribution in [0.5, 0.6) is 0 Å². The predicted octanol–water partition coefficient (Wildman–Crippen LogP) is 5.39. The maximum absolute atomic E-state index is 12.5. The van der Waals surface area contributed by atoms with Crippen LogP contribution < -0.4 is 0 Å². The van der Waals surface area contributed by atoms with Gasteiger partial charge in [0.15, 0.2) is 0 Å². The second-order valence-corrected chi connectivity index (χ2v) is 5.80. The summed E-state index contributed by atoms with van der Waals surface area (Å²) in [7, 11) is 0. The standard InChI is InChI=1S/C22H20O2/c1-17(18-11-5-2-6-12-18)21(19-13-7-3-8-14-19)24-22(23)20-15-9-4-10-16-20/h2-17,21H,1H3/t17-,21-/m1/s1. The first kappa shape index (κ1) is 16.0. The minimum absolute atomic E-state index is 0.0567. The van der Waals surface area contributed by atoms with Crippen molar-refractivity contribution in [3.63, 3.8) is 0 Å². The summed E-state index contributed by atoms with van der Waals surface area (Å²) in [5.74, 6) is -0.242. The van der Waals surface area contributed by atoms with Gasteiger partial charge in [0.05, 0.1) is 5.56 Å². The van der Waals surface area contributed by atoms with E-state index in [4.69, 9.17) is 4.74 Å². The fourth-order valence-electron chi connectivity index (χ4n) is 2.79. The van der Waals surface area contributed by atoms with Gasteiger partial charge in [-0.25, -0.2) is 4.79 Å². The van der Waals surface area contributed by atoms with E-state index >= 15 is 0 Å². The third-order valence-corrected chi connectivity index (χ3v) is 4.15. The molecule has 0 saturated carbocycles. The fraction of sp³-hybridized carbons (Fsp3) is 0.136. The van der Waals surface area contributed by atoms with Gasteiger partial charge in [-0.3, -0.25) is 0 Å². The second kappa shape index (κ2) is 7.60. The summed E-state index contributed by atoms with van der Waals surface area (Å²) in [4.78, 5) is 12.5. The Bertz CT molecular complexity index is 767. The molecule has 2 nitrogen and oxygen atoms in total. The van der Waals surface area contributed by atoms with Gasteiger partial charge in [-0.05, 0) is 23.3 Å². The maximum Gasteiger partial charge on any atom is 0.338 e. The smallest absolute Gasteiger partial charge is 0.338 e. The van der Waals surface area contributed by atoms with E-state index in [2.05, 4.69) is 19.1 Å². The molecule has 0 aromatic heterocycles. The predicted molar refractivity (Wildman–Crippen MR) is 95.9 cm³/mol. The lowest BCUT2D eigenvalue weighted by molar-refractivity contribution is 0.0240. The van der Waals surface area contributed by atoms with Gasteiger partial charge < -0.3 is 4.74 Å². The first-order valence-corrected chi connectivity index (χ1v) is 8.11. The molecule has 2 heteroatoms. The van der Waals surface area contributed by atoms with Crippen LogP contribution in [0.3, 0.4) is 0 Å². The molecular weight excluding hydrogens is 296 g/mol. The Kier molecular flexibility index (Phi) is 5.07. The molecule has 0 fully saturated rings. The number of carbonyl (C=O) groups is 1. The molecule has 120 valence electrons. The molecule has 3 rings (SSSR count). The number of hydrogen-bond donors (Lipinski definition) is 0. The van der Waals surface area contributed by atoms with Crippen molar-refractivity contribution in [2.75, 3.05) is 0 Å². The van der Waals surface area contributed by atoms with Gasteiger partial charge in [0.25, 0.3) is 0 Å². The summed E-state index contributed by atoms with van der Waals surface area (Å²) in [6.45, 7) is 2.09. The second-order valence-electron chi connectivity index (χ2n) is 5.80. The Hall–Kier alpha value is -2.87. The molecule has 0 spiro atoms. The number of carbonyl (C=O) groups excluding carboxylic acids is 1. The molecule has 0 amide bonds. The largest absolute Gasteiger partial charge is 0.453 e. The van der Waals surface area contributed by atoms with Gasteiger partial charge in [0.2, 0.25) is 0 Å². The average molecular weight is 316 g/mol. The SMILES string of the molecule is C[C@H](c1ccccc1)[C@@H](OC(=O)c1ccccc1)c1ccccc1. The molecule has 3 aromatic carbocycles. The van der Waals surface area contributed by atoms with Crippen molar-refractivity contribution in [3.8, 4) is 0 Å². The molecule has 0 aliphatic carbocycles. The monoisotopic (exact) mass is 316 g/mol. The molecule has 0 bridgehead atoms. The normalized spacial score (nSPS) is 13.0. The lowest BCUT2D eigenvalue weighted by Gasteiger charge is -2.25. The van der Waals surface area contributed by atoms with Gasteiger partial charge in [0.1, 0.15) is 6.10 Å². The van der Waals surface area contributed by atoms with Crippen LogP contribution in [-0.2, 0) is 4.74 Å². The van der Waals surface area contributed by atoms with Crippen molar-refractivity contribution >= 4 is 5.97 Å². The van der Waals surface area contributed by atoms with Crippen LogP contribution in [0, 0.1) is 0 Å². The van der Waals surface area contributed by atoms with Crippen molar-refractivity contribution in [1.29, 1.82) is 0 Å². The molecule has 3 aromatic rings. The number of ether oxygens (including phenoxy) is 1. The van der Waals surface area contributed by atoms with Gasteiger partial charge in [-0.1, -0.05) is 85.8 Å². The summed E-state index contributed by atoms with van der Waals surface area (Å²) < 4.78 is 5.90. The van der Waals surface area contributed by atoms with E-state index in [0.717, 1.165) is 11.1 Å². The van der Waals surface area contributed by atoms with Crippen molar-refractivity contribution in [2.45, 2.75) is 18.9 Å². The van der Waals surface area contributed by atoms with Crippen LogP contribution in [-0.4, -0.2) is 5.97 Å². The van der Waals surface area contributed by atoms with E-state index in [9.17, 15) is 4.79 Å². The van der Waals surface area contributed by atoms with Crippen molar-refractivity contribution < 1.29 is 9.53 Å². The van der Waals surface area contributed by atoms with Crippen LogP contribution in [0.15, 0.2) is 91.0 Å². The summed E-state index contributed by atoms with van der Waals surface area (Å²) in [5, 5.41) is 0. The number of rotatable bonds is 5. The zero-order valence-corrected chi connectivity index (χ0v) is 13.6. The van der Waals surface area contributed by atoms with Crippen LogP contribution >= 0.6 is 0 Å². The molecule has 0 radical (unpaired) electrons. The minimum Gasteiger partial charge on any atom is -0.453 e. The minimum atomic E-state index is -0.332. The Balaban J connectivity index is 1.90. The fourth-order valence-corrected chi connectivity index (χ4v) is 2.79. The maximum atomic E-state index is 12.5. The number of esters is 1. The zero-order chi connectivity index (χ0) is 16.8. The Morgan fingerprint density at radius 3 is 1.71 bits per heavy atom. The first-order chi connectivity index (χ1) is 11.8. The van der Waals surface area contributed by atoms with Crippen LogP contribution in [0.4, 0.5) is 0 Å². The lowest BCUT2D eigenvalue weighted by atomic mass is 9.90. The third-order valence-electron chi connectivity index (χ3n) is 4.15. The highest BCUT2D eigenvalue weighted by Crippen LogP contribution is 2.34. The first-order valence-electron chi connectivity index (χ1n) is 8.11. The molecular formula is C22H20O2. The van der Waals surface area contributed by atoms with Crippen LogP contribution in [0.2, 0.25) is 0 Å². The molecule has 0 aliphatic rings. The Morgan fingerprint density at radius 2 is 1.17 bits per heavy atom. The molecule has 0 N–H and O–H groups in total. The summed E-state index contributed by atoms with van der Waals surface area (Å²) >= 11 is 0. The van der Waals surface area contributed by atoms with Gasteiger partial charge in [0, 0.05) is 5.92 Å². The average Bonchev–Trinajstić information content (AvgIpc) is 2.67. The van der Waals surface area contributed by atoms with E-state index < -0.39 is 0 Å².